The fourth-order valence-electron chi connectivity index (χ4n) is 5.05. The summed E-state index contributed by atoms with van der Waals surface area (Å²) in [4.78, 5) is 7.43. The second-order valence-corrected chi connectivity index (χ2v) is 10.6. The molecule has 1 fully saturated rings. The number of thiazole rings is 1. The first-order valence-corrected chi connectivity index (χ1v) is 13.7. The number of aromatic nitrogens is 1. The van der Waals surface area contributed by atoms with Crippen LogP contribution >= 0.6 is 22.9 Å². The minimum atomic E-state index is 0.112. The molecule has 1 aliphatic rings. The number of aliphatic hydroxyl groups is 1. The van der Waals surface area contributed by atoms with Gasteiger partial charge in [-0.15, -0.1) is 11.3 Å². The number of nitrogens with zero attached hydrogens (tertiary/aromatic N) is 2. The highest BCUT2D eigenvalue weighted by molar-refractivity contribution is 7.11. The van der Waals surface area contributed by atoms with Crippen LogP contribution in [0.4, 0.5) is 0 Å². The first kappa shape index (κ1) is 25.2. The third-order valence-corrected chi connectivity index (χ3v) is 8.06. The van der Waals surface area contributed by atoms with Crippen molar-refractivity contribution in [1.29, 1.82) is 5.26 Å². The second-order valence-electron chi connectivity index (χ2n) is 9.32. The quantitative estimate of drug-likeness (QED) is 0.252. The average molecular weight is 529 g/mol. The van der Waals surface area contributed by atoms with Gasteiger partial charge in [-0.1, -0.05) is 84.4 Å². The molecule has 1 saturated heterocycles. The predicted octanol–water partition coefficient (Wildman–Crippen LogP) is 3.83. The number of hydrogen-bond donors (Lipinski definition) is 3. The molecule has 0 bridgehead atoms. The summed E-state index contributed by atoms with van der Waals surface area (Å²) in [6, 6.07) is 31.3. The molecule has 1 aromatic heterocycles. The standard InChI is InChI=1S/C30H27ClN4OS/c31-25-13-11-22(12-14-25)27-21-37-30(33-27)26(19-32)28(36)20-34-15-17-35(18-16-34)29(23-7-3-1-4-8-23)24-9-5-2-6-10-24/h1-14,21,29,36H,15-18,20H2/p+2/b28-26-. The summed E-state index contributed by atoms with van der Waals surface area (Å²) in [5.74, 6) is 0.112. The van der Waals surface area contributed by atoms with Gasteiger partial charge in [0.25, 0.3) is 0 Å². The van der Waals surface area contributed by atoms with Crippen molar-refractivity contribution in [2.75, 3.05) is 32.7 Å². The van der Waals surface area contributed by atoms with E-state index in [0.717, 1.165) is 37.4 Å². The van der Waals surface area contributed by atoms with Gasteiger partial charge in [-0.25, -0.2) is 4.98 Å². The zero-order valence-electron chi connectivity index (χ0n) is 20.4. The van der Waals surface area contributed by atoms with Gasteiger partial charge in [0.1, 0.15) is 55.4 Å². The minimum Gasteiger partial charge on any atom is -0.506 e. The molecule has 7 heteroatoms. The van der Waals surface area contributed by atoms with E-state index in [9.17, 15) is 10.4 Å². The number of nitriles is 1. The molecule has 1 aliphatic heterocycles. The van der Waals surface area contributed by atoms with E-state index in [4.69, 9.17) is 11.6 Å². The van der Waals surface area contributed by atoms with Gasteiger partial charge in [-0.3, -0.25) is 0 Å². The Bertz CT molecular complexity index is 1350. The Kier molecular flexibility index (Phi) is 7.98. The summed E-state index contributed by atoms with van der Waals surface area (Å²) in [5.41, 5.74) is 4.61. The number of halogens is 1. The molecule has 5 rings (SSSR count). The van der Waals surface area contributed by atoms with Crippen LogP contribution in [0.1, 0.15) is 22.2 Å². The van der Waals surface area contributed by atoms with E-state index in [0.29, 0.717) is 16.6 Å². The lowest BCUT2D eigenvalue weighted by Gasteiger charge is -2.35. The van der Waals surface area contributed by atoms with Crippen LogP contribution in [0.25, 0.3) is 16.8 Å². The minimum absolute atomic E-state index is 0.112. The molecule has 0 radical (unpaired) electrons. The summed E-state index contributed by atoms with van der Waals surface area (Å²) in [6.45, 7) is 4.23. The molecule has 37 heavy (non-hydrogen) atoms. The lowest BCUT2D eigenvalue weighted by molar-refractivity contribution is -1.02. The maximum absolute atomic E-state index is 10.9. The lowest BCUT2D eigenvalue weighted by Crippen LogP contribution is -3.28. The number of hydrogen-bond acceptors (Lipinski definition) is 4. The Hall–Kier alpha value is -3.47. The molecular weight excluding hydrogens is 500 g/mol. The summed E-state index contributed by atoms with van der Waals surface area (Å²) in [5, 5.41) is 23.9. The first-order valence-electron chi connectivity index (χ1n) is 12.4. The number of piperazine rings is 1. The van der Waals surface area contributed by atoms with Gasteiger partial charge in [-0.05, 0) is 12.1 Å². The smallest absolute Gasteiger partial charge is 0.168 e. The molecule has 3 aromatic carbocycles. The molecule has 0 unspecified atom stereocenters. The molecule has 0 atom stereocenters. The maximum Gasteiger partial charge on any atom is 0.168 e. The van der Waals surface area contributed by atoms with Crippen molar-refractivity contribution in [3.63, 3.8) is 0 Å². The van der Waals surface area contributed by atoms with Crippen LogP contribution in [0, 0.1) is 11.3 Å². The molecule has 3 N–H and O–H groups in total. The molecule has 186 valence electrons. The number of aliphatic hydroxyl groups excluding tert-OH is 1. The highest BCUT2D eigenvalue weighted by Crippen LogP contribution is 2.28. The fraction of sp³-hybridized carbons (Fsp3) is 0.200. The maximum atomic E-state index is 10.9. The van der Waals surface area contributed by atoms with E-state index < -0.39 is 0 Å². The highest BCUT2D eigenvalue weighted by atomic mass is 35.5. The first-order chi connectivity index (χ1) is 18.1. The van der Waals surface area contributed by atoms with Crippen molar-refractivity contribution >= 4 is 28.5 Å². The zero-order chi connectivity index (χ0) is 25.6. The summed E-state index contributed by atoms with van der Waals surface area (Å²) < 4.78 is 0. The van der Waals surface area contributed by atoms with Crippen molar-refractivity contribution in [2.45, 2.75) is 6.04 Å². The number of nitrogens with one attached hydrogen (secondary N) is 2. The van der Waals surface area contributed by atoms with Gasteiger partial charge in [0, 0.05) is 27.1 Å². The summed E-state index contributed by atoms with van der Waals surface area (Å²) >= 11 is 7.37. The third-order valence-electron chi connectivity index (χ3n) is 6.95. The van der Waals surface area contributed by atoms with Crippen molar-refractivity contribution in [1.82, 2.24) is 4.98 Å². The molecule has 0 amide bonds. The molecule has 5 nitrogen and oxygen atoms in total. The van der Waals surface area contributed by atoms with Gasteiger partial charge in [-0.2, -0.15) is 5.26 Å². The molecule has 0 spiro atoms. The van der Waals surface area contributed by atoms with Gasteiger partial charge >= 0.3 is 0 Å². The van der Waals surface area contributed by atoms with E-state index in [1.165, 1.54) is 32.3 Å². The zero-order valence-corrected chi connectivity index (χ0v) is 22.0. The molecule has 2 heterocycles. The van der Waals surface area contributed by atoms with Crippen molar-refractivity contribution in [2.24, 2.45) is 0 Å². The Morgan fingerprint density at radius 1 is 0.919 bits per heavy atom. The SMILES string of the molecule is N#C/C(=C(/O)C[NH+]1CC[NH+](C(c2ccccc2)c2ccccc2)CC1)c1nc(-c2ccc(Cl)cc2)cs1. The Morgan fingerprint density at radius 2 is 1.51 bits per heavy atom. The Morgan fingerprint density at radius 3 is 2.08 bits per heavy atom. The van der Waals surface area contributed by atoms with Crippen LogP contribution in [0.3, 0.4) is 0 Å². The topological polar surface area (TPSA) is 65.8 Å². The number of allylic oxidation sites excluding steroid dienone is 1. The average Bonchev–Trinajstić information content (AvgIpc) is 3.42. The van der Waals surface area contributed by atoms with E-state index in [-0.39, 0.29) is 17.4 Å². The van der Waals surface area contributed by atoms with Crippen LogP contribution in [-0.4, -0.2) is 42.8 Å². The van der Waals surface area contributed by atoms with Crippen LogP contribution in [-0.2, 0) is 0 Å². The number of rotatable bonds is 7. The summed E-state index contributed by atoms with van der Waals surface area (Å²) in [7, 11) is 0. The van der Waals surface area contributed by atoms with E-state index >= 15 is 0 Å². The summed E-state index contributed by atoms with van der Waals surface area (Å²) in [6.07, 6.45) is 0. The van der Waals surface area contributed by atoms with E-state index in [1.807, 2.05) is 29.6 Å². The Balaban J connectivity index is 1.28. The van der Waals surface area contributed by atoms with Gasteiger partial charge in [0.2, 0.25) is 0 Å². The van der Waals surface area contributed by atoms with Crippen molar-refractivity contribution < 1.29 is 14.9 Å². The predicted molar refractivity (Wildman–Crippen MR) is 149 cm³/mol. The van der Waals surface area contributed by atoms with Crippen LogP contribution in [0.2, 0.25) is 5.02 Å². The largest absolute Gasteiger partial charge is 0.506 e. The molecule has 0 aliphatic carbocycles. The second kappa shape index (κ2) is 11.7. The van der Waals surface area contributed by atoms with Crippen molar-refractivity contribution in [3.05, 3.63) is 117 Å². The number of quaternary nitrogens is 2. The molecule has 0 saturated carbocycles. The highest BCUT2D eigenvalue weighted by Gasteiger charge is 2.32. The number of benzene rings is 3. The van der Waals surface area contributed by atoms with Crippen LogP contribution in [0.5, 0.6) is 0 Å². The van der Waals surface area contributed by atoms with Crippen LogP contribution < -0.4 is 9.80 Å². The van der Waals surface area contributed by atoms with Gasteiger partial charge in [0.15, 0.2) is 5.76 Å². The van der Waals surface area contributed by atoms with Gasteiger partial charge in [0.05, 0.1) is 5.69 Å². The van der Waals surface area contributed by atoms with Crippen LogP contribution in [0.15, 0.2) is 96.1 Å². The third kappa shape index (κ3) is 5.93. The van der Waals surface area contributed by atoms with Gasteiger partial charge < -0.3 is 14.9 Å². The normalized spacial score (nSPS) is 18.3. The van der Waals surface area contributed by atoms with Crippen molar-refractivity contribution in [3.8, 4) is 17.3 Å². The Labute approximate surface area is 226 Å². The van der Waals surface area contributed by atoms with E-state index in [2.05, 4.69) is 71.7 Å². The molecule has 4 aromatic rings. The monoisotopic (exact) mass is 528 g/mol. The molecular formula is C30H29ClN4OS+2. The van der Waals surface area contributed by atoms with E-state index in [1.54, 1.807) is 0 Å². The fourth-order valence-corrected chi connectivity index (χ4v) is 6.02. The lowest BCUT2D eigenvalue weighted by atomic mass is 9.96.